The molecule has 2 aliphatic rings. The molecule has 1 unspecified atom stereocenters. The van der Waals surface area contributed by atoms with Crippen molar-refractivity contribution in [3.05, 3.63) is 46.1 Å². The topological polar surface area (TPSA) is 25.8 Å². The molecule has 3 heteroatoms. The lowest BCUT2D eigenvalue weighted by Crippen LogP contribution is -2.40. The first kappa shape index (κ1) is 12.6. The fourth-order valence-electron chi connectivity index (χ4n) is 3.09. The Morgan fingerprint density at radius 2 is 1.94 bits per heavy atom. The van der Waals surface area contributed by atoms with Gasteiger partial charge in [-0.1, -0.05) is 17.7 Å². The van der Waals surface area contributed by atoms with Crippen LogP contribution in [0.25, 0.3) is 9.69 Å². The smallest absolute Gasteiger partial charge is 0.299 e. The van der Waals surface area contributed by atoms with Gasteiger partial charge in [-0.2, -0.15) is 0 Å². The van der Waals surface area contributed by atoms with Crippen LogP contribution in [0, 0.1) is 18.6 Å². The van der Waals surface area contributed by atoms with Crippen LogP contribution < -0.4 is 0 Å². The highest BCUT2D eigenvalue weighted by molar-refractivity contribution is 5.90. The molecule has 0 fully saturated rings. The molecule has 0 saturated carbocycles. The van der Waals surface area contributed by atoms with Crippen molar-refractivity contribution < 1.29 is 4.79 Å². The molecule has 0 aromatic carbocycles. The molecular formula is C15H16N2O. The number of Topliss-reactive ketones (excluding diaryl/α,β-unsaturated/α-hetero) is 1. The minimum Gasteiger partial charge on any atom is -0.299 e. The fraction of sp³-hybridized carbons (Fsp3) is 0.533. The molecule has 0 heterocycles. The predicted molar refractivity (Wildman–Crippen MR) is 69.4 cm³/mol. The zero-order chi connectivity index (χ0) is 13.4. The zero-order valence-electron chi connectivity index (χ0n) is 10.8. The van der Waals surface area contributed by atoms with Gasteiger partial charge in [-0.25, -0.2) is 22.8 Å². The second-order valence-corrected chi connectivity index (χ2v) is 5.38. The monoisotopic (exact) mass is 240 g/mol. The summed E-state index contributed by atoms with van der Waals surface area (Å²) in [5, 5.41) is 0. The van der Waals surface area contributed by atoms with E-state index < -0.39 is 11.1 Å². The van der Waals surface area contributed by atoms with E-state index in [1.165, 1.54) is 0 Å². The SMILES string of the molecule is [C-]#[N+]C1([N+]#[C-])CC=C(C)CC2(C)C(=O)CCC=C12. The van der Waals surface area contributed by atoms with Crippen molar-refractivity contribution in [1.82, 2.24) is 0 Å². The summed E-state index contributed by atoms with van der Waals surface area (Å²) in [4.78, 5) is 19.5. The lowest BCUT2D eigenvalue weighted by Gasteiger charge is -2.32. The first-order chi connectivity index (χ1) is 8.48. The van der Waals surface area contributed by atoms with Crippen LogP contribution in [0.1, 0.15) is 39.5 Å². The quantitative estimate of drug-likeness (QED) is 0.469. The van der Waals surface area contributed by atoms with E-state index in [9.17, 15) is 4.79 Å². The Morgan fingerprint density at radius 1 is 1.28 bits per heavy atom. The molecule has 0 aromatic rings. The number of carbonyl (C=O) groups excluding carboxylic acids is 1. The molecule has 0 N–H and O–H groups in total. The van der Waals surface area contributed by atoms with E-state index in [0.29, 0.717) is 25.7 Å². The molecule has 0 saturated heterocycles. The highest BCUT2D eigenvalue weighted by atomic mass is 16.1. The second kappa shape index (κ2) is 4.10. The summed E-state index contributed by atoms with van der Waals surface area (Å²) < 4.78 is 0. The third-order valence-corrected chi connectivity index (χ3v) is 4.10. The molecule has 0 aromatic heterocycles. The average molecular weight is 240 g/mol. The standard InChI is InChI=1S/C15H16N2O/c1-11-8-9-15(16-3,17-4)12-6-5-7-13(18)14(12,2)10-11/h6,8H,5,7,9-10H2,1-2H3. The van der Waals surface area contributed by atoms with Gasteiger partial charge in [0.1, 0.15) is 17.8 Å². The molecular weight excluding hydrogens is 224 g/mol. The van der Waals surface area contributed by atoms with Crippen LogP contribution in [0.4, 0.5) is 0 Å². The van der Waals surface area contributed by atoms with Gasteiger partial charge in [0.05, 0.1) is 5.41 Å². The van der Waals surface area contributed by atoms with Gasteiger partial charge in [0.25, 0.3) is 0 Å². The number of fused-ring (bicyclic) bond motifs is 1. The van der Waals surface area contributed by atoms with Gasteiger partial charge in [0.15, 0.2) is 0 Å². The van der Waals surface area contributed by atoms with Crippen LogP contribution in [0.3, 0.4) is 0 Å². The molecule has 0 amide bonds. The molecule has 0 bridgehead atoms. The van der Waals surface area contributed by atoms with Crippen molar-refractivity contribution in [2.24, 2.45) is 5.41 Å². The molecule has 18 heavy (non-hydrogen) atoms. The second-order valence-electron chi connectivity index (χ2n) is 5.38. The van der Waals surface area contributed by atoms with Crippen LogP contribution in [0.5, 0.6) is 0 Å². The van der Waals surface area contributed by atoms with E-state index in [4.69, 9.17) is 13.1 Å². The highest BCUT2D eigenvalue weighted by Crippen LogP contribution is 2.50. The number of nitrogens with zero attached hydrogens (tertiary/aromatic N) is 2. The largest absolute Gasteiger partial charge is 0.510 e. The van der Waals surface area contributed by atoms with Crippen molar-refractivity contribution in [3.8, 4) is 0 Å². The lowest BCUT2D eigenvalue weighted by atomic mass is 9.66. The van der Waals surface area contributed by atoms with Crippen molar-refractivity contribution >= 4 is 5.78 Å². The third kappa shape index (κ3) is 1.59. The van der Waals surface area contributed by atoms with Crippen molar-refractivity contribution in [2.75, 3.05) is 0 Å². The minimum atomic E-state index is -1.19. The van der Waals surface area contributed by atoms with Crippen LogP contribution in [-0.4, -0.2) is 11.4 Å². The van der Waals surface area contributed by atoms with Gasteiger partial charge in [0.2, 0.25) is 0 Å². The summed E-state index contributed by atoms with van der Waals surface area (Å²) in [5.74, 6) is 0.173. The highest BCUT2D eigenvalue weighted by Gasteiger charge is 2.59. The van der Waals surface area contributed by atoms with E-state index in [1.807, 2.05) is 26.0 Å². The number of ketones is 1. The lowest BCUT2D eigenvalue weighted by molar-refractivity contribution is -0.126. The first-order valence-electron chi connectivity index (χ1n) is 6.16. The van der Waals surface area contributed by atoms with E-state index in [-0.39, 0.29) is 5.78 Å². The molecule has 0 aliphatic heterocycles. The summed E-state index contributed by atoms with van der Waals surface area (Å²) in [6.07, 6.45) is 6.15. The Bertz CT molecular complexity index is 528. The Kier molecular flexibility index (Phi) is 2.87. The summed E-state index contributed by atoms with van der Waals surface area (Å²) >= 11 is 0. The molecule has 3 nitrogen and oxygen atoms in total. The summed E-state index contributed by atoms with van der Waals surface area (Å²) in [5.41, 5.74) is 0.00435. The summed E-state index contributed by atoms with van der Waals surface area (Å²) in [6.45, 7) is 18.7. The number of carbonyl (C=O) groups is 1. The molecule has 0 radical (unpaired) electrons. The van der Waals surface area contributed by atoms with E-state index >= 15 is 0 Å². The number of hydrogen-bond acceptors (Lipinski definition) is 1. The van der Waals surface area contributed by atoms with Gasteiger partial charge >= 0.3 is 5.66 Å². The predicted octanol–water partition coefficient (Wildman–Crippen LogP) is 3.56. The van der Waals surface area contributed by atoms with E-state index in [0.717, 1.165) is 11.1 Å². The normalized spacial score (nSPS) is 30.1. The van der Waals surface area contributed by atoms with Gasteiger partial charge < -0.3 is 0 Å². The molecule has 0 spiro atoms. The van der Waals surface area contributed by atoms with Crippen LogP contribution in [0.15, 0.2) is 23.3 Å². The number of rotatable bonds is 0. The van der Waals surface area contributed by atoms with E-state index in [1.54, 1.807) is 0 Å². The Hall–Kier alpha value is -1.87. The molecule has 2 aliphatic carbocycles. The molecule has 92 valence electrons. The van der Waals surface area contributed by atoms with Crippen LogP contribution >= 0.6 is 0 Å². The fourth-order valence-corrected chi connectivity index (χ4v) is 3.09. The maximum absolute atomic E-state index is 12.3. The molecule has 2 rings (SSSR count). The van der Waals surface area contributed by atoms with Gasteiger partial charge in [-0.05, 0) is 26.7 Å². The maximum atomic E-state index is 12.3. The Balaban J connectivity index is 2.67. The third-order valence-electron chi connectivity index (χ3n) is 4.10. The van der Waals surface area contributed by atoms with E-state index in [2.05, 4.69) is 9.69 Å². The average Bonchev–Trinajstić information content (AvgIpc) is 2.46. The van der Waals surface area contributed by atoms with Crippen molar-refractivity contribution in [3.63, 3.8) is 0 Å². The Morgan fingerprint density at radius 3 is 2.56 bits per heavy atom. The first-order valence-corrected chi connectivity index (χ1v) is 6.16. The zero-order valence-corrected chi connectivity index (χ0v) is 10.8. The van der Waals surface area contributed by atoms with Crippen molar-refractivity contribution in [2.45, 2.75) is 45.2 Å². The Labute approximate surface area is 108 Å². The summed E-state index contributed by atoms with van der Waals surface area (Å²) in [7, 11) is 0. The van der Waals surface area contributed by atoms with Gasteiger partial charge in [-0.3, -0.25) is 4.79 Å². The van der Waals surface area contributed by atoms with Gasteiger partial charge in [0, 0.05) is 6.42 Å². The van der Waals surface area contributed by atoms with Crippen LogP contribution in [-0.2, 0) is 4.79 Å². The maximum Gasteiger partial charge on any atom is 0.510 e. The number of allylic oxidation sites excluding steroid dienone is 2. The van der Waals surface area contributed by atoms with Crippen molar-refractivity contribution in [1.29, 1.82) is 0 Å². The minimum absolute atomic E-state index is 0.173. The molecule has 1 atom stereocenters. The van der Waals surface area contributed by atoms with Crippen LogP contribution in [0.2, 0.25) is 0 Å². The summed E-state index contributed by atoms with van der Waals surface area (Å²) in [6, 6.07) is 0. The number of hydrogen-bond donors (Lipinski definition) is 0. The van der Waals surface area contributed by atoms with Gasteiger partial charge in [-0.15, -0.1) is 0 Å².